The van der Waals surface area contributed by atoms with E-state index in [-0.39, 0.29) is 0 Å². The van der Waals surface area contributed by atoms with Crippen LogP contribution in [0.3, 0.4) is 0 Å². The van der Waals surface area contributed by atoms with E-state index < -0.39 is 6.10 Å². The van der Waals surface area contributed by atoms with E-state index in [1.54, 1.807) is 12.4 Å². The fourth-order valence-electron chi connectivity index (χ4n) is 2.21. The Morgan fingerprint density at radius 1 is 1.26 bits per heavy atom. The molecule has 0 saturated carbocycles. The smallest absolute Gasteiger partial charge is 0.137 e. The highest BCUT2D eigenvalue weighted by atomic mass is 16.5. The average molecular weight is 261 g/mol. The second kappa shape index (κ2) is 5.45. The fraction of sp³-hybridized carbons (Fsp3) is 0.400. The molecular weight excluding hydrogens is 242 g/mol. The van der Waals surface area contributed by atoms with E-state index in [2.05, 4.69) is 4.98 Å². The van der Waals surface area contributed by atoms with Gasteiger partial charge >= 0.3 is 0 Å². The molecule has 0 aromatic carbocycles. The molecule has 0 bridgehead atoms. The molecule has 4 nitrogen and oxygen atoms in total. The summed E-state index contributed by atoms with van der Waals surface area (Å²) in [4.78, 5) is 4.10. The van der Waals surface area contributed by atoms with Gasteiger partial charge in [-0.25, -0.2) is 0 Å². The fourth-order valence-corrected chi connectivity index (χ4v) is 2.21. The summed E-state index contributed by atoms with van der Waals surface area (Å²) in [5.74, 6) is 2.24. The monoisotopic (exact) mass is 261 g/mol. The summed E-state index contributed by atoms with van der Waals surface area (Å²) in [5.41, 5.74) is 2.50. The SMILES string of the molecule is CCOc1cncc(C(O)c2c(C)oc(C)c2C)c1. The van der Waals surface area contributed by atoms with Crippen molar-refractivity contribution in [3.05, 3.63) is 46.7 Å². The zero-order chi connectivity index (χ0) is 14.0. The van der Waals surface area contributed by atoms with Crippen molar-refractivity contribution in [2.75, 3.05) is 6.61 Å². The van der Waals surface area contributed by atoms with Gasteiger partial charge in [0.2, 0.25) is 0 Å². The van der Waals surface area contributed by atoms with Gasteiger partial charge in [-0.2, -0.15) is 0 Å². The van der Waals surface area contributed by atoms with Gasteiger partial charge in [0.1, 0.15) is 23.4 Å². The lowest BCUT2D eigenvalue weighted by Gasteiger charge is -2.12. The van der Waals surface area contributed by atoms with Crippen molar-refractivity contribution < 1.29 is 14.3 Å². The molecule has 0 aliphatic rings. The molecule has 102 valence electrons. The summed E-state index contributed by atoms with van der Waals surface area (Å²) in [5, 5.41) is 10.5. The van der Waals surface area contributed by atoms with Crippen LogP contribution in [0.2, 0.25) is 0 Å². The van der Waals surface area contributed by atoms with Gasteiger partial charge in [-0.1, -0.05) is 0 Å². The van der Waals surface area contributed by atoms with Crippen molar-refractivity contribution in [3.8, 4) is 5.75 Å². The Kier molecular flexibility index (Phi) is 3.90. The highest BCUT2D eigenvalue weighted by Gasteiger charge is 2.21. The van der Waals surface area contributed by atoms with Crippen molar-refractivity contribution >= 4 is 0 Å². The molecule has 1 atom stereocenters. The highest BCUT2D eigenvalue weighted by Crippen LogP contribution is 2.32. The molecule has 0 fully saturated rings. The second-order valence-electron chi connectivity index (χ2n) is 4.54. The quantitative estimate of drug-likeness (QED) is 0.919. The van der Waals surface area contributed by atoms with Crippen LogP contribution in [0, 0.1) is 20.8 Å². The number of ether oxygens (including phenoxy) is 1. The molecule has 0 amide bonds. The van der Waals surface area contributed by atoms with Gasteiger partial charge < -0.3 is 14.3 Å². The Balaban J connectivity index is 2.38. The largest absolute Gasteiger partial charge is 0.492 e. The lowest BCUT2D eigenvalue weighted by Crippen LogP contribution is -2.03. The number of furan rings is 1. The second-order valence-corrected chi connectivity index (χ2v) is 4.54. The first-order chi connectivity index (χ1) is 9.04. The first kappa shape index (κ1) is 13.6. The number of hydrogen-bond donors (Lipinski definition) is 1. The molecule has 0 spiro atoms. The minimum atomic E-state index is -0.745. The Labute approximate surface area is 113 Å². The normalized spacial score (nSPS) is 12.5. The van der Waals surface area contributed by atoms with E-state index in [9.17, 15) is 5.11 Å². The van der Waals surface area contributed by atoms with E-state index in [0.29, 0.717) is 17.9 Å². The van der Waals surface area contributed by atoms with Crippen LogP contribution in [-0.4, -0.2) is 16.7 Å². The molecule has 1 unspecified atom stereocenters. The van der Waals surface area contributed by atoms with Gasteiger partial charge in [0.15, 0.2) is 0 Å². The van der Waals surface area contributed by atoms with Crippen LogP contribution >= 0.6 is 0 Å². The summed E-state index contributed by atoms with van der Waals surface area (Å²) in [6, 6.07) is 1.81. The van der Waals surface area contributed by atoms with Crippen molar-refractivity contribution in [2.45, 2.75) is 33.8 Å². The van der Waals surface area contributed by atoms with Gasteiger partial charge in [0.05, 0.1) is 12.8 Å². The predicted octanol–water partition coefficient (Wildman–Crippen LogP) is 3.08. The Morgan fingerprint density at radius 2 is 2.00 bits per heavy atom. The van der Waals surface area contributed by atoms with Gasteiger partial charge in [-0.3, -0.25) is 4.98 Å². The van der Waals surface area contributed by atoms with Crippen LogP contribution < -0.4 is 4.74 Å². The Morgan fingerprint density at radius 3 is 2.58 bits per heavy atom. The van der Waals surface area contributed by atoms with Gasteiger partial charge in [0.25, 0.3) is 0 Å². The van der Waals surface area contributed by atoms with Crippen molar-refractivity contribution in [1.82, 2.24) is 4.98 Å². The summed E-state index contributed by atoms with van der Waals surface area (Å²) in [7, 11) is 0. The molecule has 0 saturated heterocycles. The van der Waals surface area contributed by atoms with E-state index in [0.717, 1.165) is 22.6 Å². The van der Waals surface area contributed by atoms with E-state index in [1.807, 2.05) is 33.8 Å². The Bertz CT molecular complexity index is 575. The summed E-state index contributed by atoms with van der Waals surface area (Å²) in [6.07, 6.45) is 2.54. The number of aromatic nitrogens is 1. The summed E-state index contributed by atoms with van der Waals surface area (Å²) in [6.45, 7) is 8.19. The lowest BCUT2D eigenvalue weighted by molar-refractivity contribution is 0.216. The first-order valence-corrected chi connectivity index (χ1v) is 6.36. The molecular formula is C15H19NO3. The number of aliphatic hydroxyl groups excluding tert-OH is 1. The molecule has 0 radical (unpaired) electrons. The Hall–Kier alpha value is -1.81. The zero-order valence-electron chi connectivity index (χ0n) is 11.7. The minimum Gasteiger partial charge on any atom is -0.492 e. The predicted molar refractivity (Wildman–Crippen MR) is 72.4 cm³/mol. The van der Waals surface area contributed by atoms with Gasteiger partial charge in [-0.15, -0.1) is 0 Å². The summed E-state index contributed by atoms with van der Waals surface area (Å²) >= 11 is 0. The van der Waals surface area contributed by atoms with Gasteiger partial charge in [0, 0.05) is 17.3 Å². The first-order valence-electron chi connectivity index (χ1n) is 6.36. The average Bonchev–Trinajstić information content (AvgIpc) is 2.63. The van der Waals surface area contributed by atoms with Crippen molar-refractivity contribution in [3.63, 3.8) is 0 Å². The van der Waals surface area contributed by atoms with E-state index in [4.69, 9.17) is 9.15 Å². The molecule has 4 heteroatoms. The van der Waals surface area contributed by atoms with E-state index in [1.165, 1.54) is 0 Å². The molecule has 0 aliphatic heterocycles. The number of nitrogens with zero attached hydrogens (tertiary/aromatic N) is 1. The molecule has 19 heavy (non-hydrogen) atoms. The number of aliphatic hydroxyl groups is 1. The number of pyridine rings is 1. The molecule has 0 aliphatic carbocycles. The highest BCUT2D eigenvalue weighted by molar-refractivity contribution is 5.39. The standard InChI is InChI=1S/C15H19NO3/c1-5-18-13-6-12(7-16-8-13)15(17)14-9(2)10(3)19-11(14)4/h6-8,15,17H,5H2,1-4H3. The molecule has 2 aromatic heterocycles. The van der Waals surface area contributed by atoms with Crippen LogP contribution in [0.4, 0.5) is 0 Å². The maximum atomic E-state index is 10.5. The van der Waals surface area contributed by atoms with Crippen LogP contribution in [0.1, 0.15) is 41.2 Å². The maximum Gasteiger partial charge on any atom is 0.137 e. The number of rotatable bonds is 4. The molecule has 2 rings (SSSR count). The van der Waals surface area contributed by atoms with E-state index >= 15 is 0 Å². The molecule has 2 aromatic rings. The number of aryl methyl sites for hydroxylation is 2. The zero-order valence-corrected chi connectivity index (χ0v) is 11.7. The topological polar surface area (TPSA) is 55.5 Å². The van der Waals surface area contributed by atoms with Crippen LogP contribution in [-0.2, 0) is 0 Å². The minimum absolute atomic E-state index is 0.574. The van der Waals surface area contributed by atoms with Crippen LogP contribution in [0.25, 0.3) is 0 Å². The third kappa shape index (κ3) is 2.63. The maximum absolute atomic E-state index is 10.5. The number of hydrogen-bond acceptors (Lipinski definition) is 4. The van der Waals surface area contributed by atoms with Crippen LogP contribution in [0.15, 0.2) is 22.9 Å². The van der Waals surface area contributed by atoms with Crippen molar-refractivity contribution in [1.29, 1.82) is 0 Å². The summed E-state index contributed by atoms with van der Waals surface area (Å²) < 4.78 is 11.0. The molecule has 1 N–H and O–H groups in total. The van der Waals surface area contributed by atoms with Gasteiger partial charge in [-0.05, 0) is 39.3 Å². The lowest BCUT2D eigenvalue weighted by atomic mass is 9.99. The van der Waals surface area contributed by atoms with Crippen molar-refractivity contribution in [2.24, 2.45) is 0 Å². The van der Waals surface area contributed by atoms with Crippen LogP contribution in [0.5, 0.6) is 5.75 Å². The third-order valence-corrected chi connectivity index (χ3v) is 3.25. The third-order valence-electron chi connectivity index (χ3n) is 3.25. The molecule has 2 heterocycles.